The molecule has 0 radical (unpaired) electrons. The van der Waals surface area contributed by atoms with Crippen LogP contribution in [0, 0.1) is 0 Å². The van der Waals surface area contributed by atoms with E-state index < -0.39 is 15.3 Å². The Morgan fingerprint density at radius 1 is 1.26 bits per heavy atom. The molecule has 0 atom stereocenters. The summed E-state index contributed by atoms with van der Waals surface area (Å²) in [5, 5.41) is 2.96. The first kappa shape index (κ1) is 16.1. The van der Waals surface area contributed by atoms with E-state index in [0.717, 1.165) is 18.5 Å². The second-order valence-electron chi connectivity index (χ2n) is 6.51. The topological polar surface area (TPSA) is 90.0 Å². The van der Waals surface area contributed by atoms with Gasteiger partial charge in [-0.05, 0) is 44.9 Å². The number of nitrogens with one attached hydrogen (secondary N) is 1. The molecule has 1 aliphatic carbocycles. The second-order valence-corrected chi connectivity index (χ2v) is 8.85. The highest BCUT2D eigenvalue weighted by Gasteiger charge is 2.24. The van der Waals surface area contributed by atoms with Crippen molar-refractivity contribution in [3.63, 3.8) is 0 Å². The first-order chi connectivity index (χ1) is 10.9. The van der Waals surface area contributed by atoms with Crippen LogP contribution < -0.4 is 11.1 Å². The van der Waals surface area contributed by atoms with E-state index in [-0.39, 0.29) is 5.95 Å². The summed E-state index contributed by atoms with van der Waals surface area (Å²) < 4.78 is 26.3. The summed E-state index contributed by atoms with van der Waals surface area (Å²) >= 11 is 0. The molecule has 1 saturated carbocycles. The second kappa shape index (κ2) is 6.03. The van der Waals surface area contributed by atoms with Crippen LogP contribution in [0.4, 0.5) is 11.6 Å². The molecular weight excluding hydrogens is 312 g/mol. The molecule has 0 amide bonds. The van der Waals surface area contributed by atoms with Crippen molar-refractivity contribution in [3.05, 3.63) is 18.2 Å². The van der Waals surface area contributed by atoms with Crippen LogP contribution >= 0.6 is 0 Å². The van der Waals surface area contributed by atoms with Gasteiger partial charge in [-0.1, -0.05) is 19.3 Å². The Hall–Kier alpha value is -1.76. The number of nitrogens with zero attached hydrogens (tertiary/aromatic N) is 2. The molecule has 0 aliphatic heterocycles. The number of benzene rings is 1. The maximum atomic E-state index is 12.6. The standard InChI is InChI=1S/C16H24N4O2S/c1-11(2)23(21,22)20-15-10-13(8-9-14(15)19-16(20)17)18-12-6-4-3-5-7-12/h8-12,18H,3-7H2,1-2H3,(H2,17,19). The summed E-state index contributed by atoms with van der Waals surface area (Å²) in [6.45, 7) is 3.29. The number of aromatic nitrogens is 2. The third-order valence-electron chi connectivity index (χ3n) is 4.46. The molecule has 0 spiro atoms. The minimum Gasteiger partial charge on any atom is -0.382 e. The van der Waals surface area contributed by atoms with Crippen molar-refractivity contribution < 1.29 is 8.42 Å². The molecule has 126 valence electrons. The first-order valence-electron chi connectivity index (χ1n) is 8.18. The van der Waals surface area contributed by atoms with Gasteiger partial charge >= 0.3 is 0 Å². The van der Waals surface area contributed by atoms with E-state index in [0.29, 0.717) is 17.1 Å². The normalized spacial score (nSPS) is 17.0. The number of nitrogens with two attached hydrogens (primary N) is 1. The van der Waals surface area contributed by atoms with Crippen molar-refractivity contribution in [1.29, 1.82) is 0 Å². The van der Waals surface area contributed by atoms with Crippen molar-refractivity contribution in [3.8, 4) is 0 Å². The lowest BCUT2D eigenvalue weighted by Gasteiger charge is -2.24. The number of rotatable bonds is 4. The van der Waals surface area contributed by atoms with E-state index in [9.17, 15) is 8.42 Å². The van der Waals surface area contributed by atoms with Crippen molar-refractivity contribution >= 4 is 32.7 Å². The predicted molar refractivity (Wildman–Crippen MR) is 94.1 cm³/mol. The molecule has 1 aromatic carbocycles. The van der Waals surface area contributed by atoms with Crippen LogP contribution in [0.25, 0.3) is 11.0 Å². The lowest BCUT2D eigenvalue weighted by molar-refractivity contribution is 0.463. The van der Waals surface area contributed by atoms with Gasteiger partial charge in [0.2, 0.25) is 16.0 Å². The third-order valence-corrected chi connectivity index (χ3v) is 6.55. The number of anilines is 2. The summed E-state index contributed by atoms with van der Waals surface area (Å²) in [4.78, 5) is 4.18. The quantitative estimate of drug-likeness (QED) is 0.896. The number of hydrogen-bond acceptors (Lipinski definition) is 5. The fourth-order valence-electron chi connectivity index (χ4n) is 3.12. The fourth-order valence-corrected chi connectivity index (χ4v) is 4.27. The highest BCUT2D eigenvalue weighted by atomic mass is 32.2. The molecule has 1 aliphatic rings. The number of nitrogen functional groups attached to an aromatic ring is 1. The van der Waals surface area contributed by atoms with E-state index in [1.54, 1.807) is 13.8 Å². The van der Waals surface area contributed by atoms with Crippen LogP contribution in [0.3, 0.4) is 0 Å². The van der Waals surface area contributed by atoms with Gasteiger partial charge in [0.25, 0.3) is 0 Å². The van der Waals surface area contributed by atoms with Crippen molar-refractivity contribution in [2.24, 2.45) is 0 Å². The van der Waals surface area contributed by atoms with Crippen molar-refractivity contribution in [2.75, 3.05) is 11.1 Å². The van der Waals surface area contributed by atoms with Gasteiger partial charge in [-0.25, -0.2) is 17.4 Å². The van der Waals surface area contributed by atoms with Gasteiger partial charge in [0, 0.05) is 11.7 Å². The summed E-state index contributed by atoms with van der Waals surface area (Å²) in [6.07, 6.45) is 6.10. The Bertz CT molecular complexity index is 805. The molecule has 0 unspecified atom stereocenters. The van der Waals surface area contributed by atoms with Gasteiger partial charge in [0.05, 0.1) is 16.3 Å². The Morgan fingerprint density at radius 3 is 2.61 bits per heavy atom. The molecule has 23 heavy (non-hydrogen) atoms. The zero-order chi connectivity index (χ0) is 16.6. The van der Waals surface area contributed by atoms with Gasteiger partial charge in [-0.2, -0.15) is 0 Å². The Morgan fingerprint density at radius 2 is 1.96 bits per heavy atom. The van der Waals surface area contributed by atoms with Crippen LogP contribution in [0.5, 0.6) is 0 Å². The average molecular weight is 336 g/mol. The average Bonchev–Trinajstić information content (AvgIpc) is 2.84. The van der Waals surface area contributed by atoms with E-state index in [2.05, 4.69) is 10.3 Å². The zero-order valence-corrected chi connectivity index (χ0v) is 14.4. The van der Waals surface area contributed by atoms with Crippen LogP contribution in [-0.2, 0) is 10.0 Å². The maximum absolute atomic E-state index is 12.6. The molecule has 2 aromatic rings. The Balaban J connectivity index is 2.01. The molecule has 0 bridgehead atoms. The fraction of sp³-hybridized carbons (Fsp3) is 0.562. The van der Waals surface area contributed by atoms with E-state index in [1.165, 1.54) is 23.2 Å². The molecule has 3 rings (SSSR count). The van der Waals surface area contributed by atoms with E-state index >= 15 is 0 Å². The maximum Gasteiger partial charge on any atom is 0.244 e. The molecule has 1 heterocycles. The van der Waals surface area contributed by atoms with Crippen LogP contribution in [0.2, 0.25) is 0 Å². The summed E-state index contributed by atoms with van der Waals surface area (Å²) in [7, 11) is -3.54. The monoisotopic (exact) mass is 336 g/mol. The van der Waals surface area contributed by atoms with Gasteiger partial charge in [-0.15, -0.1) is 0 Å². The minimum atomic E-state index is -3.54. The third kappa shape index (κ3) is 3.02. The van der Waals surface area contributed by atoms with Gasteiger partial charge in [-0.3, -0.25) is 0 Å². The minimum absolute atomic E-state index is 0.0171. The van der Waals surface area contributed by atoms with E-state index in [4.69, 9.17) is 5.73 Å². The lowest BCUT2D eigenvalue weighted by atomic mass is 9.95. The molecule has 1 aromatic heterocycles. The molecule has 7 heteroatoms. The Kier molecular flexibility index (Phi) is 4.23. The predicted octanol–water partition coefficient (Wildman–Crippen LogP) is 2.95. The van der Waals surface area contributed by atoms with Crippen molar-refractivity contribution in [1.82, 2.24) is 8.96 Å². The Labute approximate surface area is 137 Å². The zero-order valence-electron chi connectivity index (χ0n) is 13.6. The lowest BCUT2D eigenvalue weighted by Crippen LogP contribution is -2.24. The largest absolute Gasteiger partial charge is 0.382 e. The summed E-state index contributed by atoms with van der Waals surface area (Å²) in [6, 6.07) is 6.06. The van der Waals surface area contributed by atoms with E-state index in [1.807, 2.05) is 18.2 Å². The van der Waals surface area contributed by atoms with Crippen LogP contribution in [-0.4, -0.2) is 28.7 Å². The summed E-state index contributed by atoms with van der Waals surface area (Å²) in [5.74, 6) is 0.0171. The van der Waals surface area contributed by atoms with Crippen LogP contribution in [0.15, 0.2) is 18.2 Å². The molecule has 6 nitrogen and oxygen atoms in total. The highest BCUT2D eigenvalue weighted by molar-refractivity contribution is 7.90. The molecule has 1 fully saturated rings. The summed E-state index contributed by atoms with van der Waals surface area (Å²) in [5.41, 5.74) is 7.92. The van der Waals surface area contributed by atoms with Gasteiger partial charge < -0.3 is 11.1 Å². The molecule has 0 saturated heterocycles. The first-order valence-corrected chi connectivity index (χ1v) is 9.69. The molecule has 3 N–H and O–H groups in total. The SMILES string of the molecule is CC(C)S(=O)(=O)n1c(N)nc2ccc(NC3CCCCC3)cc21. The van der Waals surface area contributed by atoms with Gasteiger partial charge in [0.15, 0.2) is 0 Å². The van der Waals surface area contributed by atoms with Crippen LogP contribution in [0.1, 0.15) is 46.0 Å². The number of hydrogen-bond donors (Lipinski definition) is 2. The van der Waals surface area contributed by atoms with Crippen molar-refractivity contribution in [2.45, 2.75) is 57.2 Å². The number of imidazole rings is 1. The number of fused-ring (bicyclic) bond motifs is 1. The van der Waals surface area contributed by atoms with Gasteiger partial charge in [0.1, 0.15) is 0 Å². The molecular formula is C16H24N4O2S. The smallest absolute Gasteiger partial charge is 0.244 e. The highest BCUT2D eigenvalue weighted by Crippen LogP contribution is 2.27.